The fourth-order valence-corrected chi connectivity index (χ4v) is 2.91. The lowest BCUT2D eigenvalue weighted by Gasteiger charge is -2.20. The van der Waals surface area contributed by atoms with Crippen LogP contribution in [0.25, 0.3) is 10.9 Å². The van der Waals surface area contributed by atoms with Gasteiger partial charge in [0.2, 0.25) is 0 Å². The highest BCUT2D eigenvalue weighted by molar-refractivity contribution is 6.03. The number of benzene rings is 1. The van der Waals surface area contributed by atoms with Gasteiger partial charge in [-0.1, -0.05) is 37.5 Å². The van der Waals surface area contributed by atoms with Gasteiger partial charge in [0.25, 0.3) is 5.91 Å². The first-order chi connectivity index (χ1) is 9.68. The first kappa shape index (κ1) is 12.8. The van der Waals surface area contributed by atoms with E-state index >= 15 is 0 Å². The maximum atomic E-state index is 12.5. The zero-order valence-corrected chi connectivity index (χ0v) is 11.0. The molecule has 0 spiro atoms. The van der Waals surface area contributed by atoms with Crippen LogP contribution in [0.4, 0.5) is 0 Å². The summed E-state index contributed by atoms with van der Waals surface area (Å²) >= 11 is 0. The van der Waals surface area contributed by atoms with Crippen molar-refractivity contribution in [2.45, 2.75) is 32.1 Å². The molecule has 1 aliphatic carbocycles. The van der Waals surface area contributed by atoms with Gasteiger partial charge in [-0.3, -0.25) is 4.79 Å². The van der Waals surface area contributed by atoms with Gasteiger partial charge in [0.05, 0.1) is 11.5 Å². The first-order valence-corrected chi connectivity index (χ1v) is 6.92. The highest BCUT2D eigenvalue weighted by Crippen LogP contribution is 2.27. The van der Waals surface area contributed by atoms with E-state index < -0.39 is 5.97 Å². The Morgan fingerprint density at radius 2 is 1.85 bits per heavy atom. The van der Waals surface area contributed by atoms with Crippen molar-refractivity contribution in [1.82, 2.24) is 9.78 Å². The van der Waals surface area contributed by atoms with Gasteiger partial charge < -0.3 is 9.90 Å². The van der Waals surface area contributed by atoms with Gasteiger partial charge in [-0.2, -0.15) is 9.78 Å². The van der Waals surface area contributed by atoms with Crippen LogP contribution in [0.2, 0.25) is 0 Å². The molecule has 1 aromatic carbocycles. The number of nitrogens with zero attached hydrogens (tertiary/aromatic N) is 2. The standard InChI is InChI=1S/C15H16N2O3/c18-14(10-6-2-1-3-7-10)17-12-9-5-4-8-11(12)13(16-17)15(19)20/h4-5,8-10H,1-3,6-7H2,(H,19,20)/p-1. The van der Waals surface area contributed by atoms with Gasteiger partial charge >= 0.3 is 0 Å². The molecule has 1 heterocycles. The topological polar surface area (TPSA) is 75.0 Å². The molecule has 5 heteroatoms. The summed E-state index contributed by atoms with van der Waals surface area (Å²) in [6, 6.07) is 6.87. The molecule has 2 aromatic rings. The molecule has 3 rings (SSSR count). The van der Waals surface area contributed by atoms with Crippen molar-refractivity contribution in [3.63, 3.8) is 0 Å². The van der Waals surface area contributed by atoms with Gasteiger partial charge in [0, 0.05) is 11.3 Å². The average molecular weight is 271 g/mol. The van der Waals surface area contributed by atoms with Crippen molar-refractivity contribution in [1.29, 1.82) is 0 Å². The molecule has 0 unspecified atom stereocenters. The third-order valence-corrected chi connectivity index (χ3v) is 3.94. The predicted molar refractivity (Wildman–Crippen MR) is 71.3 cm³/mol. The summed E-state index contributed by atoms with van der Waals surface area (Å²) in [7, 11) is 0. The van der Waals surface area contributed by atoms with E-state index in [9.17, 15) is 14.7 Å². The number of aromatic carboxylic acids is 1. The summed E-state index contributed by atoms with van der Waals surface area (Å²) in [6.45, 7) is 0. The molecule has 1 saturated carbocycles. The van der Waals surface area contributed by atoms with Gasteiger partial charge in [0.15, 0.2) is 0 Å². The van der Waals surface area contributed by atoms with Gasteiger partial charge in [-0.05, 0) is 18.9 Å². The second kappa shape index (κ2) is 5.07. The lowest BCUT2D eigenvalue weighted by atomic mass is 9.89. The number of carboxylic acid groups (broad SMARTS) is 1. The number of para-hydroxylation sites is 1. The molecular formula is C15H15N2O3-. The second-order valence-electron chi connectivity index (χ2n) is 5.24. The third-order valence-electron chi connectivity index (χ3n) is 3.94. The quantitative estimate of drug-likeness (QED) is 0.831. The molecule has 5 nitrogen and oxygen atoms in total. The van der Waals surface area contributed by atoms with Crippen LogP contribution in [0.15, 0.2) is 24.3 Å². The number of carbonyl (C=O) groups excluding carboxylic acids is 2. The maximum absolute atomic E-state index is 12.5. The minimum Gasteiger partial charge on any atom is -0.543 e. The number of hydrogen-bond acceptors (Lipinski definition) is 4. The van der Waals surface area contributed by atoms with Crippen molar-refractivity contribution in [3.8, 4) is 0 Å². The Morgan fingerprint density at radius 3 is 2.55 bits per heavy atom. The van der Waals surface area contributed by atoms with Crippen molar-refractivity contribution >= 4 is 22.8 Å². The zero-order valence-electron chi connectivity index (χ0n) is 11.0. The van der Waals surface area contributed by atoms with Crippen LogP contribution >= 0.6 is 0 Å². The van der Waals surface area contributed by atoms with Crippen LogP contribution < -0.4 is 5.11 Å². The Kier molecular flexibility index (Phi) is 3.26. The summed E-state index contributed by atoms with van der Waals surface area (Å²) in [4.78, 5) is 23.7. The Balaban J connectivity index is 2.06. The smallest absolute Gasteiger partial charge is 0.250 e. The van der Waals surface area contributed by atoms with Crippen molar-refractivity contribution in [2.75, 3.05) is 0 Å². The summed E-state index contributed by atoms with van der Waals surface area (Å²) in [5.41, 5.74) is 0.382. The van der Waals surface area contributed by atoms with E-state index in [1.807, 2.05) is 0 Å². The SMILES string of the molecule is O=C([O-])c1nn(C(=O)C2CCCCC2)c2ccccc12. The summed E-state index contributed by atoms with van der Waals surface area (Å²) in [5, 5.41) is 15.6. The van der Waals surface area contributed by atoms with Crippen LogP contribution in [-0.2, 0) is 0 Å². The van der Waals surface area contributed by atoms with Crippen LogP contribution in [0.3, 0.4) is 0 Å². The number of rotatable bonds is 2. The Labute approximate surface area is 116 Å². The lowest BCUT2D eigenvalue weighted by molar-refractivity contribution is -0.255. The van der Waals surface area contributed by atoms with E-state index in [0.29, 0.717) is 10.9 Å². The maximum Gasteiger partial charge on any atom is 0.250 e. The molecule has 0 N–H and O–H groups in total. The van der Waals surface area contributed by atoms with E-state index in [1.165, 1.54) is 4.68 Å². The second-order valence-corrected chi connectivity index (χ2v) is 5.24. The molecule has 1 fully saturated rings. The van der Waals surface area contributed by atoms with E-state index in [4.69, 9.17) is 0 Å². The molecular weight excluding hydrogens is 256 g/mol. The molecule has 1 aromatic heterocycles. The monoisotopic (exact) mass is 271 g/mol. The van der Waals surface area contributed by atoms with E-state index in [1.54, 1.807) is 24.3 Å². The molecule has 0 aliphatic heterocycles. The number of carboxylic acids is 1. The van der Waals surface area contributed by atoms with Crippen molar-refractivity contribution < 1.29 is 14.7 Å². The van der Waals surface area contributed by atoms with Crippen LogP contribution in [0.5, 0.6) is 0 Å². The first-order valence-electron chi connectivity index (χ1n) is 6.92. The minimum absolute atomic E-state index is 0.0540. The molecule has 1 aliphatic rings. The van der Waals surface area contributed by atoms with Crippen LogP contribution in [0, 0.1) is 5.92 Å². The summed E-state index contributed by atoms with van der Waals surface area (Å²) in [6.07, 6.45) is 4.96. The molecule has 0 bridgehead atoms. The van der Waals surface area contributed by atoms with E-state index in [2.05, 4.69) is 5.10 Å². The fourth-order valence-electron chi connectivity index (χ4n) is 2.91. The number of aromatic nitrogens is 2. The van der Waals surface area contributed by atoms with Gasteiger partial charge in [-0.15, -0.1) is 0 Å². The normalized spacial score (nSPS) is 16.4. The summed E-state index contributed by atoms with van der Waals surface area (Å²) in [5.74, 6) is -1.51. The molecule has 0 saturated heterocycles. The predicted octanol–water partition coefficient (Wildman–Crippen LogP) is 1.62. The highest BCUT2D eigenvalue weighted by atomic mass is 16.4. The van der Waals surface area contributed by atoms with Crippen LogP contribution in [-0.4, -0.2) is 21.7 Å². The number of hydrogen-bond donors (Lipinski definition) is 0. The Morgan fingerprint density at radius 1 is 1.15 bits per heavy atom. The lowest BCUT2D eigenvalue weighted by Crippen LogP contribution is -2.27. The third kappa shape index (κ3) is 2.09. The largest absolute Gasteiger partial charge is 0.543 e. The minimum atomic E-state index is -1.35. The van der Waals surface area contributed by atoms with E-state index in [0.717, 1.165) is 32.1 Å². The van der Waals surface area contributed by atoms with E-state index in [-0.39, 0.29) is 17.5 Å². The molecule has 0 atom stereocenters. The fraction of sp³-hybridized carbons (Fsp3) is 0.400. The molecule has 104 valence electrons. The average Bonchev–Trinajstić information content (AvgIpc) is 2.87. The number of fused-ring (bicyclic) bond motifs is 1. The molecule has 0 amide bonds. The van der Waals surface area contributed by atoms with Gasteiger partial charge in [-0.25, -0.2) is 0 Å². The Bertz CT molecular complexity index is 669. The van der Waals surface area contributed by atoms with Crippen molar-refractivity contribution in [3.05, 3.63) is 30.0 Å². The zero-order chi connectivity index (χ0) is 14.1. The molecule has 20 heavy (non-hydrogen) atoms. The van der Waals surface area contributed by atoms with Crippen LogP contribution in [0.1, 0.15) is 47.4 Å². The number of carbonyl (C=O) groups is 2. The van der Waals surface area contributed by atoms with Crippen molar-refractivity contribution in [2.24, 2.45) is 5.92 Å². The Hall–Kier alpha value is -2.17. The summed E-state index contributed by atoms with van der Waals surface area (Å²) < 4.78 is 1.25. The highest BCUT2D eigenvalue weighted by Gasteiger charge is 2.25. The molecule has 0 radical (unpaired) electrons. The van der Waals surface area contributed by atoms with Gasteiger partial charge in [0.1, 0.15) is 5.69 Å².